The summed E-state index contributed by atoms with van der Waals surface area (Å²) in [6, 6.07) is 20.1. The van der Waals surface area contributed by atoms with Gasteiger partial charge in [-0.3, -0.25) is 4.79 Å². The molecule has 1 fully saturated rings. The van der Waals surface area contributed by atoms with Gasteiger partial charge in [0.25, 0.3) is 0 Å². The predicted molar refractivity (Wildman–Crippen MR) is 118 cm³/mol. The van der Waals surface area contributed by atoms with Gasteiger partial charge in [-0.1, -0.05) is 60.7 Å². The largest absolute Gasteiger partial charge is 0.444 e. The molecule has 2 aromatic carbocycles. The Balaban J connectivity index is 1.70. The summed E-state index contributed by atoms with van der Waals surface area (Å²) >= 11 is 0. The summed E-state index contributed by atoms with van der Waals surface area (Å²) in [6.45, 7) is 6.68. The summed E-state index contributed by atoms with van der Waals surface area (Å²) < 4.78 is 5.47. The van der Waals surface area contributed by atoms with Crippen molar-refractivity contribution in [3.8, 4) is 0 Å². The number of hydrogen-bond donors (Lipinski definition) is 0. The maximum absolute atomic E-state index is 13.4. The average molecular weight is 409 g/mol. The molecule has 0 bridgehead atoms. The highest BCUT2D eigenvalue weighted by atomic mass is 16.6. The molecule has 5 nitrogen and oxygen atoms in total. The number of amides is 2. The molecule has 160 valence electrons. The van der Waals surface area contributed by atoms with E-state index in [0.29, 0.717) is 25.9 Å². The molecular weight excluding hydrogens is 376 g/mol. The maximum atomic E-state index is 13.4. The minimum absolute atomic E-state index is 0.0939. The fourth-order valence-corrected chi connectivity index (χ4v) is 3.96. The highest BCUT2D eigenvalue weighted by Crippen LogP contribution is 2.30. The summed E-state index contributed by atoms with van der Waals surface area (Å²) in [7, 11) is 1.88. The monoisotopic (exact) mass is 408 g/mol. The number of rotatable bonds is 4. The summed E-state index contributed by atoms with van der Waals surface area (Å²) in [4.78, 5) is 29.3. The topological polar surface area (TPSA) is 49.9 Å². The molecule has 0 saturated carbocycles. The summed E-state index contributed by atoms with van der Waals surface area (Å²) in [5, 5.41) is 0. The van der Waals surface area contributed by atoms with Crippen LogP contribution in [0.3, 0.4) is 0 Å². The Kier molecular flexibility index (Phi) is 6.80. The molecule has 1 heterocycles. The molecule has 0 aromatic heterocycles. The van der Waals surface area contributed by atoms with Crippen molar-refractivity contribution in [1.82, 2.24) is 9.80 Å². The molecule has 30 heavy (non-hydrogen) atoms. The van der Waals surface area contributed by atoms with E-state index < -0.39 is 5.60 Å². The lowest BCUT2D eigenvalue weighted by atomic mass is 9.92. The van der Waals surface area contributed by atoms with Crippen LogP contribution in [0.2, 0.25) is 0 Å². The fourth-order valence-electron chi connectivity index (χ4n) is 3.96. The van der Waals surface area contributed by atoms with Gasteiger partial charge in [-0.2, -0.15) is 0 Å². The third kappa shape index (κ3) is 5.41. The zero-order valence-corrected chi connectivity index (χ0v) is 18.4. The first-order valence-corrected chi connectivity index (χ1v) is 10.6. The van der Waals surface area contributed by atoms with Crippen molar-refractivity contribution < 1.29 is 14.3 Å². The van der Waals surface area contributed by atoms with Crippen LogP contribution in [0, 0.1) is 5.92 Å². The Hall–Kier alpha value is -2.82. The molecule has 0 aliphatic carbocycles. The van der Waals surface area contributed by atoms with Gasteiger partial charge in [-0.15, -0.1) is 0 Å². The van der Waals surface area contributed by atoms with Crippen LogP contribution >= 0.6 is 0 Å². The lowest BCUT2D eigenvalue weighted by molar-refractivity contribution is -0.137. The van der Waals surface area contributed by atoms with Crippen molar-refractivity contribution in [1.29, 1.82) is 0 Å². The fraction of sp³-hybridized carbons (Fsp3) is 0.440. The first-order valence-electron chi connectivity index (χ1n) is 10.6. The van der Waals surface area contributed by atoms with Crippen LogP contribution in [0.5, 0.6) is 0 Å². The van der Waals surface area contributed by atoms with Crippen LogP contribution in [-0.4, -0.2) is 47.5 Å². The Morgan fingerprint density at radius 2 is 1.40 bits per heavy atom. The first kappa shape index (κ1) is 21.9. The smallest absolute Gasteiger partial charge is 0.410 e. The lowest BCUT2D eigenvalue weighted by Gasteiger charge is -2.36. The van der Waals surface area contributed by atoms with E-state index in [9.17, 15) is 9.59 Å². The molecule has 0 unspecified atom stereocenters. The minimum Gasteiger partial charge on any atom is -0.444 e. The average Bonchev–Trinajstić information content (AvgIpc) is 2.74. The second kappa shape index (κ2) is 9.33. The summed E-state index contributed by atoms with van der Waals surface area (Å²) in [6.07, 6.45) is 1.01. The van der Waals surface area contributed by atoms with Crippen molar-refractivity contribution in [2.45, 2.75) is 45.3 Å². The van der Waals surface area contributed by atoms with E-state index in [4.69, 9.17) is 4.74 Å². The van der Waals surface area contributed by atoms with Gasteiger partial charge in [0.1, 0.15) is 5.60 Å². The quantitative estimate of drug-likeness (QED) is 0.724. The van der Waals surface area contributed by atoms with Gasteiger partial charge in [0.2, 0.25) is 5.91 Å². The Morgan fingerprint density at radius 3 is 1.83 bits per heavy atom. The van der Waals surface area contributed by atoms with Crippen LogP contribution in [0.25, 0.3) is 0 Å². The number of benzene rings is 2. The number of nitrogens with zero attached hydrogens (tertiary/aromatic N) is 2. The molecule has 1 aliphatic rings. The number of carbonyl (C=O) groups is 2. The van der Waals surface area contributed by atoms with Crippen LogP contribution in [0.4, 0.5) is 4.79 Å². The van der Waals surface area contributed by atoms with E-state index in [-0.39, 0.29) is 24.0 Å². The SMILES string of the molecule is CN(C(=O)C1CCN(C(=O)OC(C)(C)C)CC1)C(c1ccccc1)c1ccccc1. The zero-order valence-electron chi connectivity index (χ0n) is 18.4. The summed E-state index contributed by atoms with van der Waals surface area (Å²) in [5.41, 5.74) is 1.67. The Morgan fingerprint density at radius 1 is 0.933 bits per heavy atom. The van der Waals surface area contributed by atoms with Crippen molar-refractivity contribution in [3.05, 3.63) is 71.8 Å². The van der Waals surface area contributed by atoms with Gasteiger partial charge >= 0.3 is 6.09 Å². The van der Waals surface area contributed by atoms with Gasteiger partial charge in [-0.25, -0.2) is 4.79 Å². The molecule has 1 aliphatic heterocycles. The van der Waals surface area contributed by atoms with Crippen LogP contribution < -0.4 is 0 Å². The van der Waals surface area contributed by atoms with Gasteiger partial charge < -0.3 is 14.5 Å². The number of carbonyl (C=O) groups excluding carboxylic acids is 2. The first-order chi connectivity index (χ1) is 14.3. The Bertz CT molecular complexity index is 798. The minimum atomic E-state index is -0.511. The molecule has 2 amide bonds. The normalized spacial score (nSPS) is 15.2. The molecule has 0 radical (unpaired) electrons. The van der Waals surface area contributed by atoms with Crippen LogP contribution in [-0.2, 0) is 9.53 Å². The van der Waals surface area contributed by atoms with Crippen molar-refractivity contribution in [2.75, 3.05) is 20.1 Å². The molecular formula is C25H32N2O3. The number of ether oxygens (including phenoxy) is 1. The predicted octanol–water partition coefficient (Wildman–Crippen LogP) is 4.88. The van der Waals surface area contributed by atoms with Crippen LogP contribution in [0.15, 0.2) is 60.7 Å². The third-order valence-corrected chi connectivity index (χ3v) is 5.46. The number of likely N-dealkylation sites (tertiary alicyclic amines) is 1. The van der Waals surface area contributed by atoms with Crippen LogP contribution in [0.1, 0.15) is 50.8 Å². The maximum Gasteiger partial charge on any atom is 0.410 e. The second-order valence-electron chi connectivity index (χ2n) is 8.91. The number of piperidine rings is 1. The lowest BCUT2D eigenvalue weighted by Crippen LogP contribution is -2.45. The van der Waals surface area contributed by atoms with E-state index in [1.54, 1.807) is 4.90 Å². The zero-order chi connectivity index (χ0) is 21.7. The van der Waals surface area contributed by atoms with Gasteiger partial charge in [0, 0.05) is 26.1 Å². The third-order valence-electron chi connectivity index (χ3n) is 5.46. The van der Waals surface area contributed by atoms with Crippen molar-refractivity contribution in [2.24, 2.45) is 5.92 Å². The summed E-state index contributed by atoms with van der Waals surface area (Å²) in [5.74, 6) is 0.0279. The van der Waals surface area contributed by atoms with Crippen molar-refractivity contribution >= 4 is 12.0 Å². The highest BCUT2D eigenvalue weighted by molar-refractivity contribution is 5.80. The molecule has 0 atom stereocenters. The standard InChI is InChI=1S/C25H32N2O3/c1-25(2,3)30-24(29)27-17-15-21(16-18-27)23(28)26(4)22(19-11-7-5-8-12-19)20-13-9-6-10-14-20/h5-14,21-22H,15-18H2,1-4H3. The molecule has 2 aromatic rings. The van der Waals surface area contributed by atoms with Gasteiger partial charge in [-0.05, 0) is 44.7 Å². The van der Waals surface area contributed by atoms with E-state index in [2.05, 4.69) is 24.3 Å². The highest BCUT2D eigenvalue weighted by Gasteiger charge is 2.33. The van der Waals surface area contributed by atoms with Crippen molar-refractivity contribution in [3.63, 3.8) is 0 Å². The molecule has 0 spiro atoms. The molecule has 5 heteroatoms. The van der Waals surface area contributed by atoms with E-state index in [0.717, 1.165) is 11.1 Å². The number of hydrogen-bond acceptors (Lipinski definition) is 3. The van der Waals surface area contributed by atoms with E-state index in [1.807, 2.05) is 69.1 Å². The van der Waals surface area contributed by atoms with Gasteiger partial charge in [0.15, 0.2) is 0 Å². The van der Waals surface area contributed by atoms with Gasteiger partial charge in [0.05, 0.1) is 6.04 Å². The molecule has 0 N–H and O–H groups in total. The Labute approximate surface area is 179 Å². The van der Waals surface area contributed by atoms with E-state index in [1.165, 1.54) is 0 Å². The molecule has 3 rings (SSSR count). The molecule has 1 saturated heterocycles. The second-order valence-corrected chi connectivity index (χ2v) is 8.91. The van der Waals surface area contributed by atoms with E-state index >= 15 is 0 Å².